The summed E-state index contributed by atoms with van der Waals surface area (Å²) in [5.41, 5.74) is 2.32. The second-order valence-electron chi connectivity index (χ2n) is 6.30. The molecule has 1 heterocycles. The van der Waals surface area contributed by atoms with Gasteiger partial charge >= 0.3 is 0 Å². The molecule has 0 amide bonds. The fraction of sp³-hybridized carbons (Fsp3) is 0.571. The molecule has 0 atom stereocenters. The molecule has 3 heteroatoms. The standard InChI is InChI=1S/C14H20BrNO/c1-13(2,3)9-6-10(15)12-11(7-9)17-14(4,5)8-16-12/h6-7,16H,8H2,1-5H3. The van der Waals surface area contributed by atoms with Gasteiger partial charge in [-0.05, 0) is 52.9 Å². The smallest absolute Gasteiger partial charge is 0.144 e. The zero-order valence-corrected chi connectivity index (χ0v) is 12.7. The predicted octanol–water partition coefficient (Wildman–Crippen LogP) is 4.33. The fourth-order valence-corrected chi connectivity index (χ4v) is 2.48. The predicted molar refractivity (Wildman–Crippen MR) is 76.0 cm³/mol. The average molecular weight is 298 g/mol. The summed E-state index contributed by atoms with van der Waals surface area (Å²) in [7, 11) is 0. The van der Waals surface area contributed by atoms with Gasteiger partial charge < -0.3 is 10.1 Å². The van der Waals surface area contributed by atoms with Crippen molar-refractivity contribution in [3.05, 3.63) is 22.2 Å². The minimum Gasteiger partial charge on any atom is -0.484 e. The van der Waals surface area contributed by atoms with Gasteiger partial charge in [0.15, 0.2) is 0 Å². The third-order valence-electron chi connectivity index (χ3n) is 3.00. The van der Waals surface area contributed by atoms with Gasteiger partial charge in [-0.15, -0.1) is 0 Å². The van der Waals surface area contributed by atoms with Crippen LogP contribution in [0.15, 0.2) is 16.6 Å². The SMILES string of the molecule is CC1(C)CNc2c(Br)cc(C(C)(C)C)cc2O1. The minimum atomic E-state index is -0.150. The van der Waals surface area contributed by atoms with Crippen LogP contribution in [0, 0.1) is 0 Å². The molecule has 0 saturated carbocycles. The quantitative estimate of drug-likeness (QED) is 0.769. The van der Waals surface area contributed by atoms with Crippen LogP contribution in [0.4, 0.5) is 5.69 Å². The largest absolute Gasteiger partial charge is 0.484 e. The van der Waals surface area contributed by atoms with Crippen LogP contribution in [0.25, 0.3) is 0 Å². The number of halogens is 1. The fourth-order valence-electron chi connectivity index (χ4n) is 1.90. The molecule has 1 aromatic carbocycles. The highest BCUT2D eigenvalue weighted by Crippen LogP contribution is 2.41. The maximum atomic E-state index is 6.04. The van der Waals surface area contributed by atoms with Gasteiger partial charge in [0.05, 0.1) is 12.2 Å². The Morgan fingerprint density at radius 3 is 2.53 bits per heavy atom. The molecule has 2 rings (SSSR count). The lowest BCUT2D eigenvalue weighted by Gasteiger charge is -2.35. The molecule has 0 fully saturated rings. The number of benzene rings is 1. The molecule has 1 aliphatic heterocycles. The first-order valence-corrected chi connectivity index (χ1v) is 6.75. The number of hydrogen-bond acceptors (Lipinski definition) is 2. The van der Waals surface area contributed by atoms with E-state index in [9.17, 15) is 0 Å². The molecule has 2 nitrogen and oxygen atoms in total. The first-order chi connectivity index (χ1) is 7.69. The van der Waals surface area contributed by atoms with Crippen molar-refractivity contribution in [2.45, 2.75) is 45.6 Å². The van der Waals surface area contributed by atoms with Crippen LogP contribution in [-0.2, 0) is 5.41 Å². The molecule has 0 saturated heterocycles. The molecule has 0 spiro atoms. The summed E-state index contributed by atoms with van der Waals surface area (Å²) >= 11 is 3.62. The average Bonchev–Trinajstić information content (AvgIpc) is 2.13. The Kier molecular flexibility index (Phi) is 2.93. The van der Waals surface area contributed by atoms with Crippen LogP contribution in [0.5, 0.6) is 5.75 Å². The molecule has 1 aliphatic rings. The number of ether oxygens (including phenoxy) is 1. The van der Waals surface area contributed by atoms with Gasteiger partial charge in [-0.25, -0.2) is 0 Å². The molecular weight excluding hydrogens is 278 g/mol. The van der Waals surface area contributed by atoms with Crippen molar-refractivity contribution in [1.29, 1.82) is 0 Å². The van der Waals surface area contributed by atoms with E-state index in [1.54, 1.807) is 0 Å². The van der Waals surface area contributed by atoms with Gasteiger partial charge in [0.25, 0.3) is 0 Å². The van der Waals surface area contributed by atoms with E-state index >= 15 is 0 Å². The zero-order valence-electron chi connectivity index (χ0n) is 11.1. The Morgan fingerprint density at radius 1 is 1.29 bits per heavy atom. The third kappa shape index (κ3) is 2.59. The van der Waals surface area contributed by atoms with Crippen LogP contribution in [0.2, 0.25) is 0 Å². The lowest BCUT2D eigenvalue weighted by Crippen LogP contribution is -2.40. The van der Waals surface area contributed by atoms with Crippen LogP contribution >= 0.6 is 15.9 Å². The van der Waals surface area contributed by atoms with E-state index in [0.717, 1.165) is 22.5 Å². The summed E-state index contributed by atoms with van der Waals surface area (Å²) in [5, 5.41) is 3.43. The van der Waals surface area contributed by atoms with Gasteiger partial charge in [0, 0.05) is 4.47 Å². The maximum absolute atomic E-state index is 6.04. The lowest BCUT2D eigenvalue weighted by molar-refractivity contribution is 0.115. The van der Waals surface area contributed by atoms with Crippen molar-refractivity contribution in [2.75, 3.05) is 11.9 Å². The van der Waals surface area contributed by atoms with E-state index in [1.165, 1.54) is 5.56 Å². The van der Waals surface area contributed by atoms with Crippen molar-refractivity contribution < 1.29 is 4.74 Å². The molecule has 1 aromatic rings. The maximum Gasteiger partial charge on any atom is 0.144 e. The van der Waals surface area contributed by atoms with Crippen LogP contribution in [0.1, 0.15) is 40.2 Å². The van der Waals surface area contributed by atoms with E-state index in [-0.39, 0.29) is 11.0 Å². The van der Waals surface area contributed by atoms with Crippen molar-refractivity contribution in [2.24, 2.45) is 0 Å². The molecule has 0 bridgehead atoms. The molecular formula is C14H20BrNO. The minimum absolute atomic E-state index is 0.127. The van der Waals surface area contributed by atoms with Gasteiger partial charge in [0.1, 0.15) is 11.4 Å². The molecule has 0 unspecified atom stereocenters. The van der Waals surface area contributed by atoms with Gasteiger partial charge in [-0.3, -0.25) is 0 Å². The lowest BCUT2D eigenvalue weighted by atomic mass is 9.86. The van der Waals surface area contributed by atoms with Crippen molar-refractivity contribution in [3.8, 4) is 5.75 Å². The monoisotopic (exact) mass is 297 g/mol. The second kappa shape index (κ2) is 3.91. The summed E-state index contributed by atoms with van der Waals surface area (Å²) < 4.78 is 7.12. The Hall–Kier alpha value is -0.700. The number of anilines is 1. The molecule has 94 valence electrons. The third-order valence-corrected chi connectivity index (χ3v) is 3.62. The summed E-state index contributed by atoms with van der Waals surface area (Å²) in [6.07, 6.45) is 0. The van der Waals surface area contributed by atoms with Gasteiger partial charge in [-0.2, -0.15) is 0 Å². The van der Waals surface area contributed by atoms with Crippen LogP contribution < -0.4 is 10.1 Å². The summed E-state index contributed by atoms with van der Waals surface area (Å²) in [4.78, 5) is 0. The number of fused-ring (bicyclic) bond motifs is 1. The highest BCUT2D eigenvalue weighted by Gasteiger charge is 2.29. The molecule has 0 aliphatic carbocycles. The Morgan fingerprint density at radius 2 is 1.94 bits per heavy atom. The summed E-state index contributed by atoms with van der Waals surface area (Å²) in [6, 6.07) is 4.32. The van der Waals surface area contributed by atoms with E-state index in [4.69, 9.17) is 4.74 Å². The van der Waals surface area contributed by atoms with Crippen LogP contribution in [-0.4, -0.2) is 12.1 Å². The zero-order chi connectivity index (χ0) is 12.8. The first-order valence-electron chi connectivity index (χ1n) is 5.96. The van der Waals surface area contributed by atoms with E-state index < -0.39 is 0 Å². The van der Waals surface area contributed by atoms with E-state index in [2.05, 4.69) is 68.0 Å². The highest BCUT2D eigenvalue weighted by molar-refractivity contribution is 9.10. The second-order valence-corrected chi connectivity index (χ2v) is 7.15. The summed E-state index contributed by atoms with van der Waals surface area (Å²) in [5.74, 6) is 0.945. The van der Waals surface area contributed by atoms with Crippen molar-refractivity contribution >= 4 is 21.6 Å². The molecule has 1 N–H and O–H groups in total. The Bertz CT molecular complexity index is 446. The highest BCUT2D eigenvalue weighted by atomic mass is 79.9. The number of rotatable bonds is 0. The van der Waals surface area contributed by atoms with Crippen LogP contribution in [0.3, 0.4) is 0 Å². The summed E-state index contributed by atoms with van der Waals surface area (Å²) in [6.45, 7) is 11.7. The molecule has 17 heavy (non-hydrogen) atoms. The number of hydrogen-bond donors (Lipinski definition) is 1. The van der Waals surface area contributed by atoms with Crippen molar-refractivity contribution in [3.63, 3.8) is 0 Å². The molecule has 0 aromatic heterocycles. The van der Waals surface area contributed by atoms with E-state index in [0.29, 0.717) is 0 Å². The topological polar surface area (TPSA) is 21.3 Å². The normalized spacial score (nSPS) is 18.0. The molecule has 0 radical (unpaired) electrons. The Labute approximate surface area is 112 Å². The van der Waals surface area contributed by atoms with Gasteiger partial charge in [0.2, 0.25) is 0 Å². The van der Waals surface area contributed by atoms with Crippen molar-refractivity contribution in [1.82, 2.24) is 0 Å². The van der Waals surface area contributed by atoms with Gasteiger partial charge in [-0.1, -0.05) is 20.8 Å². The Balaban J connectivity index is 2.49. The van der Waals surface area contributed by atoms with E-state index in [1.807, 2.05) is 0 Å². The number of nitrogens with one attached hydrogen (secondary N) is 1. The first kappa shape index (κ1) is 12.7.